The van der Waals surface area contributed by atoms with Gasteiger partial charge in [0.2, 0.25) is 0 Å². The molecular formula is C15H19BrO2. The van der Waals surface area contributed by atoms with Crippen molar-refractivity contribution >= 4 is 28.0 Å². The number of carbonyl (C=O) groups excluding carboxylic acids is 1. The van der Waals surface area contributed by atoms with Crippen LogP contribution in [0.3, 0.4) is 0 Å². The molecule has 1 aromatic rings. The molecular weight excluding hydrogens is 292 g/mol. The summed E-state index contributed by atoms with van der Waals surface area (Å²) in [6.45, 7) is 5.60. The van der Waals surface area contributed by atoms with E-state index in [1.165, 1.54) is 0 Å². The van der Waals surface area contributed by atoms with Crippen LogP contribution in [0.1, 0.15) is 32.8 Å². The van der Waals surface area contributed by atoms with Gasteiger partial charge in [-0.25, -0.2) is 0 Å². The molecule has 0 bridgehead atoms. The highest BCUT2D eigenvalue weighted by Crippen LogP contribution is 2.15. The summed E-state index contributed by atoms with van der Waals surface area (Å²) in [6.07, 6.45) is 4.58. The highest BCUT2D eigenvalue weighted by Gasteiger charge is 2.21. The lowest BCUT2D eigenvalue weighted by atomic mass is 10.1. The average Bonchev–Trinajstić information content (AvgIpc) is 2.28. The van der Waals surface area contributed by atoms with E-state index in [2.05, 4.69) is 15.9 Å². The van der Waals surface area contributed by atoms with Gasteiger partial charge in [-0.3, -0.25) is 4.79 Å². The molecule has 0 fully saturated rings. The summed E-state index contributed by atoms with van der Waals surface area (Å²) >= 11 is 3.34. The molecule has 0 radical (unpaired) electrons. The second-order valence-corrected chi connectivity index (χ2v) is 6.16. The van der Waals surface area contributed by atoms with Crippen molar-refractivity contribution in [1.82, 2.24) is 0 Å². The van der Waals surface area contributed by atoms with Crippen molar-refractivity contribution in [3.05, 3.63) is 42.0 Å². The van der Waals surface area contributed by atoms with Crippen LogP contribution in [0, 0.1) is 0 Å². The minimum Gasteiger partial charge on any atom is -0.459 e. The van der Waals surface area contributed by atoms with Gasteiger partial charge >= 0.3 is 5.97 Å². The maximum absolute atomic E-state index is 11.7. The topological polar surface area (TPSA) is 26.3 Å². The van der Waals surface area contributed by atoms with Crippen LogP contribution in [0.4, 0.5) is 0 Å². The van der Waals surface area contributed by atoms with Crippen molar-refractivity contribution < 1.29 is 9.53 Å². The fraction of sp³-hybridized carbons (Fsp3) is 0.400. The minimum atomic E-state index is -0.438. The Kier molecular flexibility index (Phi) is 5.60. The number of rotatable bonds is 4. The highest BCUT2D eigenvalue weighted by atomic mass is 79.9. The predicted molar refractivity (Wildman–Crippen MR) is 78.7 cm³/mol. The Morgan fingerprint density at radius 2 is 1.94 bits per heavy atom. The van der Waals surface area contributed by atoms with Crippen molar-refractivity contribution in [2.24, 2.45) is 0 Å². The first-order chi connectivity index (χ1) is 8.38. The molecule has 18 heavy (non-hydrogen) atoms. The first kappa shape index (κ1) is 15.0. The lowest BCUT2D eigenvalue weighted by Gasteiger charge is -2.21. The Labute approximate surface area is 117 Å². The second kappa shape index (κ2) is 6.74. The van der Waals surface area contributed by atoms with Gasteiger partial charge in [-0.15, -0.1) is 0 Å². The van der Waals surface area contributed by atoms with Gasteiger partial charge in [0.15, 0.2) is 0 Å². The lowest BCUT2D eigenvalue weighted by molar-refractivity contribution is -0.153. The Morgan fingerprint density at radius 1 is 1.33 bits per heavy atom. The molecule has 1 unspecified atom stereocenters. The first-order valence-electron chi connectivity index (χ1n) is 5.97. The standard InChI is InChI=1S/C15H19BrO2/c1-15(2,3)18-14(17)13(16)11-7-10-12-8-5-4-6-9-12/h4-10,13H,11H2,1-3H3. The third-order valence-electron chi connectivity index (χ3n) is 2.12. The van der Waals surface area contributed by atoms with Gasteiger partial charge in [-0.1, -0.05) is 58.4 Å². The zero-order chi connectivity index (χ0) is 13.6. The Bertz CT molecular complexity index is 404. The number of hydrogen-bond acceptors (Lipinski definition) is 2. The van der Waals surface area contributed by atoms with Crippen LogP contribution in [0.2, 0.25) is 0 Å². The fourth-order valence-corrected chi connectivity index (χ4v) is 1.66. The Hall–Kier alpha value is -1.09. The molecule has 0 saturated heterocycles. The summed E-state index contributed by atoms with van der Waals surface area (Å²) in [5.41, 5.74) is 0.688. The molecule has 0 aliphatic heterocycles. The molecule has 2 nitrogen and oxygen atoms in total. The first-order valence-corrected chi connectivity index (χ1v) is 6.88. The third kappa shape index (κ3) is 6.01. The summed E-state index contributed by atoms with van der Waals surface area (Å²) in [6, 6.07) is 9.99. The van der Waals surface area contributed by atoms with Gasteiger partial charge in [0.25, 0.3) is 0 Å². The van der Waals surface area contributed by atoms with Crippen molar-refractivity contribution in [1.29, 1.82) is 0 Å². The smallest absolute Gasteiger partial charge is 0.320 e. The number of benzene rings is 1. The van der Waals surface area contributed by atoms with Crippen LogP contribution in [0.5, 0.6) is 0 Å². The molecule has 0 saturated carbocycles. The van der Waals surface area contributed by atoms with Crippen LogP contribution in [-0.2, 0) is 9.53 Å². The molecule has 1 aromatic carbocycles. The number of halogens is 1. The maximum atomic E-state index is 11.7. The van der Waals surface area contributed by atoms with Crippen LogP contribution in [0.25, 0.3) is 6.08 Å². The molecule has 0 aromatic heterocycles. The normalized spacial score (nSPS) is 13.6. The molecule has 0 heterocycles. The number of alkyl halides is 1. The summed E-state index contributed by atoms with van der Waals surface area (Å²) in [7, 11) is 0. The Morgan fingerprint density at radius 3 is 2.50 bits per heavy atom. The van der Waals surface area contributed by atoms with Crippen molar-refractivity contribution in [3.63, 3.8) is 0 Å². The zero-order valence-corrected chi connectivity index (χ0v) is 12.6. The summed E-state index contributed by atoms with van der Waals surface area (Å²) in [5, 5.41) is 0. The fourth-order valence-electron chi connectivity index (χ4n) is 1.35. The number of allylic oxidation sites excluding steroid dienone is 1. The lowest BCUT2D eigenvalue weighted by Crippen LogP contribution is -2.28. The molecule has 1 atom stereocenters. The van der Waals surface area contributed by atoms with Gasteiger partial charge in [-0.05, 0) is 32.8 Å². The number of carbonyl (C=O) groups is 1. The number of hydrogen-bond donors (Lipinski definition) is 0. The third-order valence-corrected chi connectivity index (χ3v) is 2.86. The van der Waals surface area contributed by atoms with Gasteiger partial charge in [0.05, 0.1) is 0 Å². The molecule has 1 rings (SSSR count). The van der Waals surface area contributed by atoms with Crippen LogP contribution >= 0.6 is 15.9 Å². The van der Waals surface area contributed by atoms with E-state index in [0.29, 0.717) is 6.42 Å². The minimum absolute atomic E-state index is 0.222. The second-order valence-electron chi connectivity index (χ2n) is 5.05. The molecule has 0 spiro atoms. The molecule has 0 aliphatic carbocycles. The van der Waals surface area contributed by atoms with Crippen molar-refractivity contribution in [2.75, 3.05) is 0 Å². The summed E-state index contributed by atoms with van der Waals surface area (Å²) in [5.74, 6) is -0.222. The number of ether oxygens (including phenoxy) is 1. The van der Waals surface area contributed by atoms with Crippen LogP contribution in [-0.4, -0.2) is 16.4 Å². The van der Waals surface area contributed by atoms with Crippen LogP contribution < -0.4 is 0 Å². The van der Waals surface area contributed by atoms with Crippen LogP contribution in [0.15, 0.2) is 36.4 Å². The SMILES string of the molecule is CC(C)(C)OC(=O)C(Br)CC=Cc1ccccc1. The zero-order valence-electron chi connectivity index (χ0n) is 11.0. The predicted octanol–water partition coefficient (Wildman–Crippen LogP) is 4.20. The Balaban J connectivity index is 2.44. The van der Waals surface area contributed by atoms with E-state index < -0.39 is 5.60 Å². The summed E-state index contributed by atoms with van der Waals surface area (Å²) < 4.78 is 5.28. The number of esters is 1. The van der Waals surface area contributed by atoms with E-state index in [-0.39, 0.29) is 10.8 Å². The average molecular weight is 311 g/mol. The largest absolute Gasteiger partial charge is 0.459 e. The quantitative estimate of drug-likeness (QED) is 0.615. The van der Waals surface area contributed by atoms with Crippen molar-refractivity contribution in [3.8, 4) is 0 Å². The van der Waals surface area contributed by atoms with E-state index in [4.69, 9.17) is 4.74 Å². The monoisotopic (exact) mass is 310 g/mol. The molecule has 0 N–H and O–H groups in total. The highest BCUT2D eigenvalue weighted by molar-refractivity contribution is 9.10. The van der Waals surface area contributed by atoms with Gasteiger partial charge in [-0.2, -0.15) is 0 Å². The molecule has 3 heteroatoms. The summed E-state index contributed by atoms with van der Waals surface area (Å²) in [4.78, 5) is 11.4. The van der Waals surface area contributed by atoms with Gasteiger partial charge in [0, 0.05) is 0 Å². The van der Waals surface area contributed by atoms with E-state index >= 15 is 0 Å². The molecule has 98 valence electrons. The van der Waals surface area contributed by atoms with Crippen molar-refractivity contribution in [2.45, 2.75) is 37.6 Å². The molecule has 0 amide bonds. The van der Waals surface area contributed by atoms with Gasteiger partial charge < -0.3 is 4.74 Å². The maximum Gasteiger partial charge on any atom is 0.320 e. The molecule has 0 aliphatic rings. The van der Waals surface area contributed by atoms with E-state index in [9.17, 15) is 4.79 Å². The van der Waals surface area contributed by atoms with E-state index in [0.717, 1.165) is 5.56 Å². The van der Waals surface area contributed by atoms with E-state index in [1.54, 1.807) is 0 Å². The van der Waals surface area contributed by atoms with E-state index in [1.807, 2.05) is 63.3 Å². The van der Waals surface area contributed by atoms with Gasteiger partial charge in [0.1, 0.15) is 10.4 Å².